The summed E-state index contributed by atoms with van der Waals surface area (Å²) in [4.78, 5) is 27.1. The number of carbonyl (C=O) groups excluding carboxylic acids is 2. The van der Waals surface area contributed by atoms with Gasteiger partial charge in [-0.25, -0.2) is 8.42 Å². The van der Waals surface area contributed by atoms with Gasteiger partial charge in [0, 0.05) is 24.9 Å². The van der Waals surface area contributed by atoms with Crippen molar-refractivity contribution in [2.45, 2.75) is 30.3 Å². The van der Waals surface area contributed by atoms with Crippen LogP contribution in [0, 0.1) is 0 Å². The maximum Gasteiger partial charge on any atom is 0.254 e. The number of sulfone groups is 1. The topological polar surface area (TPSA) is 83.6 Å². The lowest BCUT2D eigenvalue weighted by Gasteiger charge is -2.24. The number of hydrogen-bond donors (Lipinski definition) is 1. The molecule has 0 saturated carbocycles. The summed E-state index contributed by atoms with van der Waals surface area (Å²) in [6, 6.07) is 15.0. The lowest BCUT2D eigenvalue weighted by Crippen LogP contribution is -2.45. The normalized spacial score (nSPS) is 16.9. The van der Waals surface area contributed by atoms with E-state index in [0.29, 0.717) is 19.5 Å². The Morgan fingerprint density at radius 1 is 1.11 bits per heavy atom. The fourth-order valence-electron chi connectivity index (χ4n) is 3.21. The highest BCUT2D eigenvalue weighted by Gasteiger charge is 2.34. The molecule has 2 aromatic carbocycles. The van der Waals surface area contributed by atoms with Gasteiger partial charge in [-0.05, 0) is 36.6 Å². The minimum Gasteiger partial charge on any atom is -0.350 e. The molecule has 7 heteroatoms. The molecule has 0 aromatic heterocycles. The largest absolute Gasteiger partial charge is 0.350 e. The molecule has 2 amide bonds. The number of carbonyl (C=O) groups is 2. The van der Waals surface area contributed by atoms with Crippen LogP contribution in [0.25, 0.3) is 0 Å². The summed E-state index contributed by atoms with van der Waals surface area (Å²) in [6.07, 6.45) is 2.44. The van der Waals surface area contributed by atoms with Crippen LogP contribution in [0.5, 0.6) is 0 Å². The molecule has 6 nitrogen and oxygen atoms in total. The molecule has 2 aromatic rings. The molecule has 1 N–H and O–H groups in total. The van der Waals surface area contributed by atoms with E-state index in [0.717, 1.165) is 18.2 Å². The van der Waals surface area contributed by atoms with Gasteiger partial charge in [-0.2, -0.15) is 0 Å². The average Bonchev–Trinajstić information content (AvgIpc) is 3.15. The second kappa shape index (κ2) is 7.92. The average molecular weight is 386 g/mol. The first-order valence-electron chi connectivity index (χ1n) is 8.79. The summed E-state index contributed by atoms with van der Waals surface area (Å²) in [5.74, 6) is -0.512. The summed E-state index contributed by atoms with van der Waals surface area (Å²) in [5.41, 5.74) is 1.27. The van der Waals surface area contributed by atoms with Crippen molar-refractivity contribution >= 4 is 21.7 Å². The first-order valence-corrected chi connectivity index (χ1v) is 10.7. The molecule has 1 aliphatic rings. The van der Waals surface area contributed by atoms with Crippen molar-refractivity contribution < 1.29 is 18.0 Å². The molecule has 3 rings (SSSR count). The van der Waals surface area contributed by atoms with Crippen LogP contribution in [0.2, 0.25) is 0 Å². The summed E-state index contributed by atoms with van der Waals surface area (Å²) >= 11 is 0. The Kier molecular flexibility index (Phi) is 5.60. The van der Waals surface area contributed by atoms with Gasteiger partial charge in [0.1, 0.15) is 6.04 Å². The number of benzene rings is 2. The predicted octanol–water partition coefficient (Wildman–Crippen LogP) is 2.01. The summed E-state index contributed by atoms with van der Waals surface area (Å²) in [5, 5.41) is 2.88. The molecule has 142 valence electrons. The van der Waals surface area contributed by atoms with E-state index in [1.165, 1.54) is 17.0 Å². The highest BCUT2D eigenvalue weighted by Crippen LogP contribution is 2.22. The lowest BCUT2D eigenvalue weighted by atomic mass is 10.1. The van der Waals surface area contributed by atoms with Gasteiger partial charge >= 0.3 is 0 Å². The van der Waals surface area contributed by atoms with Crippen LogP contribution in [0.1, 0.15) is 28.8 Å². The Morgan fingerprint density at radius 3 is 2.56 bits per heavy atom. The minimum atomic E-state index is -3.40. The summed E-state index contributed by atoms with van der Waals surface area (Å²) in [6.45, 7) is 0.882. The molecule has 0 spiro atoms. The van der Waals surface area contributed by atoms with Crippen LogP contribution in [0.15, 0.2) is 59.5 Å². The van der Waals surface area contributed by atoms with Crippen LogP contribution in [-0.2, 0) is 21.2 Å². The number of rotatable bonds is 5. The van der Waals surface area contributed by atoms with Gasteiger partial charge in [-0.1, -0.05) is 36.4 Å². The SMILES string of the molecule is CS(=O)(=O)c1cccc(C(=O)N2CCC[C@@H]2C(=O)NCc2ccccc2)c1. The summed E-state index contributed by atoms with van der Waals surface area (Å²) < 4.78 is 23.5. The second-order valence-corrected chi connectivity index (χ2v) is 8.68. The Morgan fingerprint density at radius 2 is 1.85 bits per heavy atom. The Labute approximate surface area is 159 Å². The van der Waals surface area contributed by atoms with Crippen molar-refractivity contribution in [3.63, 3.8) is 0 Å². The number of likely N-dealkylation sites (tertiary alicyclic amines) is 1. The van der Waals surface area contributed by atoms with Gasteiger partial charge in [0.2, 0.25) is 5.91 Å². The fraction of sp³-hybridized carbons (Fsp3) is 0.300. The zero-order chi connectivity index (χ0) is 19.4. The van der Waals surface area contributed by atoms with Crippen LogP contribution < -0.4 is 5.32 Å². The fourth-order valence-corrected chi connectivity index (χ4v) is 3.88. The number of hydrogen-bond acceptors (Lipinski definition) is 4. The van der Waals surface area contributed by atoms with Gasteiger partial charge in [-0.3, -0.25) is 9.59 Å². The van der Waals surface area contributed by atoms with Crippen molar-refractivity contribution in [2.75, 3.05) is 12.8 Å². The number of nitrogens with one attached hydrogen (secondary N) is 1. The highest BCUT2D eigenvalue weighted by atomic mass is 32.2. The zero-order valence-corrected chi connectivity index (χ0v) is 15.9. The van der Waals surface area contributed by atoms with E-state index in [1.807, 2.05) is 30.3 Å². The molecule has 1 heterocycles. The van der Waals surface area contributed by atoms with Gasteiger partial charge in [0.05, 0.1) is 4.90 Å². The van der Waals surface area contributed by atoms with E-state index in [2.05, 4.69) is 5.32 Å². The molecule has 1 aliphatic heterocycles. The Bertz CT molecular complexity index is 941. The zero-order valence-electron chi connectivity index (χ0n) is 15.1. The summed E-state index contributed by atoms with van der Waals surface area (Å²) in [7, 11) is -3.40. The Balaban J connectivity index is 1.72. The molecule has 0 radical (unpaired) electrons. The number of nitrogens with zero attached hydrogens (tertiary/aromatic N) is 1. The third-order valence-corrected chi connectivity index (χ3v) is 5.75. The molecule has 0 bridgehead atoms. The third-order valence-electron chi connectivity index (χ3n) is 4.64. The Hall–Kier alpha value is -2.67. The van der Waals surface area contributed by atoms with E-state index >= 15 is 0 Å². The van der Waals surface area contributed by atoms with Crippen molar-refractivity contribution in [1.29, 1.82) is 0 Å². The van der Waals surface area contributed by atoms with Gasteiger partial charge in [0.15, 0.2) is 9.84 Å². The molecule has 1 atom stereocenters. The molecular weight excluding hydrogens is 364 g/mol. The molecule has 0 unspecified atom stereocenters. The first-order chi connectivity index (χ1) is 12.9. The molecule has 0 aliphatic carbocycles. The van der Waals surface area contributed by atoms with Crippen molar-refractivity contribution in [3.8, 4) is 0 Å². The molecule has 27 heavy (non-hydrogen) atoms. The van der Waals surface area contributed by atoms with E-state index in [4.69, 9.17) is 0 Å². The van der Waals surface area contributed by atoms with Crippen molar-refractivity contribution in [1.82, 2.24) is 10.2 Å². The maximum absolute atomic E-state index is 12.9. The monoisotopic (exact) mass is 386 g/mol. The van der Waals surface area contributed by atoms with E-state index in [-0.39, 0.29) is 22.3 Å². The van der Waals surface area contributed by atoms with E-state index in [1.54, 1.807) is 12.1 Å². The lowest BCUT2D eigenvalue weighted by molar-refractivity contribution is -0.125. The highest BCUT2D eigenvalue weighted by molar-refractivity contribution is 7.90. The molecule has 1 saturated heterocycles. The van der Waals surface area contributed by atoms with E-state index in [9.17, 15) is 18.0 Å². The predicted molar refractivity (Wildman–Crippen MR) is 102 cm³/mol. The van der Waals surface area contributed by atoms with Gasteiger partial charge < -0.3 is 10.2 Å². The quantitative estimate of drug-likeness (QED) is 0.852. The smallest absolute Gasteiger partial charge is 0.254 e. The third kappa shape index (κ3) is 4.54. The van der Waals surface area contributed by atoms with Gasteiger partial charge in [0.25, 0.3) is 5.91 Å². The molecule has 1 fully saturated rings. The van der Waals surface area contributed by atoms with Crippen LogP contribution in [0.3, 0.4) is 0 Å². The van der Waals surface area contributed by atoms with Crippen molar-refractivity contribution in [2.24, 2.45) is 0 Å². The van der Waals surface area contributed by atoms with Gasteiger partial charge in [-0.15, -0.1) is 0 Å². The van der Waals surface area contributed by atoms with Crippen molar-refractivity contribution in [3.05, 3.63) is 65.7 Å². The standard InChI is InChI=1S/C20H22N2O4S/c1-27(25,26)17-10-5-9-16(13-17)20(24)22-12-6-11-18(22)19(23)21-14-15-7-3-2-4-8-15/h2-5,7-10,13,18H,6,11-12,14H2,1H3,(H,21,23)/t18-/m1/s1. The van der Waals surface area contributed by atoms with Crippen LogP contribution in [0.4, 0.5) is 0 Å². The first kappa shape index (κ1) is 19.1. The molecular formula is C20H22N2O4S. The van der Waals surface area contributed by atoms with Crippen LogP contribution >= 0.6 is 0 Å². The number of amides is 2. The maximum atomic E-state index is 12.9. The van der Waals surface area contributed by atoms with E-state index < -0.39 is 15.9 Å². The minimum absolute atomic E-state index is 0.0950. The second-order valence-electron chi connectivity index (χ2n) is 6.66. The van der Waals surface area contributed by atoms with Crippen LogP contribution in [-0.4, -0.2) is 44.0 Å².